The van der Waals surface area contributed by atoms with Crippen LogP contribution >= 0.6 is 0 Å². The van der Waals surface area contributed by atoms with Gasteiger partial charge in [0.2, 0.25) is 5.91 Å². The fourth-order valence-electron chi connectivity index (χ4n) is 3.31. The van der Waals surface area contributed by atoms with Crippen LogP contribution in [0.25, 0.3) is 11.3 Å². The van der Waals surface area contributed by atoms with E-state index in [2.05, 4.69) is 15.3 Å². The lowest BCUT2D eigenvalue weighted by atomic mass is 9.86. The molecule has 0 spiro atoms. The molecule has 1 N–H and O–H groups in total. The fourth-order valence-corrected chi connectivity index (χ4v) is 3.31. The van der Waals surface area contributed by atoms with Crippen molar-refractivity contribution in [3.63, 3.8) is 0 Å². The molecular formula is C20H25N3O. The molecule has 1 aliphatic rings. The second-order valence-electron chi connectivity index (χ2n) is 6.61. The van der Waals surface area contributed by atoms with Gasteiger partial charge >= 0.3 is 0 Å². The van der Waals surface area contributed by atoms with E-state index in [1.807, 2.05) is 30.5 Å². The Morgan fingerprint density at radius 2 is 2.00 bits per heavy atom. The van der Waals surface area contributed by atoms with Crippen molar-refractivity contribution in [1.29, 1.82) is 0 Å². The van der Waals surface area contributed by atoms with E-state index in [9.17, 15) is 4.79 Å². The van der Waals surface area contributed by atoms with E-state index in [1.54, 1.807) is 12.4 Å². The molecule has 1 fully saturated rings. The quantitative estimate of drug-likeness (QED) is 0.870. The van der Waals surface area contributed by atoms with E-state index < -0.39 is 0 Å². The molecule has 2 heterocycles. The Hall–Kier alpha value is -2.23. The Morgan fingerprint density at radius 1 is 1.12 bits per heavy atom. The van der Waals surface area contributed by atoms with Crippen LogP contribution in [0.3, 0.4) is 0 Å². The standard InChI is InChI=1S/C20H25N3O/c24-20(11-9-16-5-2-1-3-6-16)23-14-17-8-10-19(22-13-17)18-7-4-12-21-15-18/h4,7-8,10,12-13,15-16H,1-3,5-6,9,11,14H2,(H,23,24). The summed E-state index contributed by atoms with van der Waals surface area (Å²) in [6, 6.07) is 7.87. The number of amides is 1. The highest BCUT2D eigenvalue weighted by Crippen LogP contribution is 2.27. The van der Waals surface area contributed by atoms with Gasteiger partial charge in [0.15, 0.2) is 0 Å². The zero-order valence-corrected chi connectivity index (χ0v) is 14.1. The first-order chi connectivity index (χ1) is 11.8. The van der Waals surface area contributed by atoms with Gasteiger partial charge in [0.25, 0.3) is 0 Å². The van der Waals surface area contributed by atoms with Gasteiger partial charge < -0.3 is 5.32 Å². The molecule has 4 nitrogen and oxygen atoms in total. The molecule has 4 heteroatoms. The summed E-state index contributed by atoms with van der Waals surface area (Å²) >= 11 is 0. The number of pyridine rings is 2. The molecule has 1 amide bonds. The van der Waals surface area contributed by atoms with Gasteiger partial charge in [-0.1, -0.05) is 38.2 Å². The van der Waals surface area contributed by atoms with E-state index in [1.165, 1.54) is 32.1 Å². The molecule has 0 atom stereocenters. The van der Waals surface area contributed by atoms with Gasteiger partial charge in [0, 0.05) is 37.1 Å². The predicted molar refractivity (Wildman–Crippen MR) is 95.1 cm³/mol. The molecule has 0 radical (unpaired) electrons. The van der Waals surface area contributed by atoms with E-state index in [0.717, 1.165) is 29.2 Å². The topological polar surface area (TPSA) is 54.9 Å². The first-order valence-electron chi connectivity index (χ1n) is 8.93. The van der Waals surface area contributed by atoms with Crippen LogP contribution < -0.4 is 5.32 Å². The van der Waals surface area contributed by atoms with E-state index in [-0.39, 0.29) is 5.91 Å². The third kappa shape index (κ3) is 4.88. The maximum Gasteiger partial charge on any atom is 0.220 e. The minimum absolute atomic E-state index is 0.150. The number of rotatable bonds is 6. The van der Waals surface area contributed by atoms with E-state index in [0.29, 0.717) is 13.0 Å². The zero-order chi connectivity index (χ0) is 16.6. The van der Waals surface area contributed by atoms with Crippen LogP contribution in [-0.2, 0) is 11.3 Å². The molecule has 0 unspecified atom stereocenters. The lowest BCUT2D eigenvalue weighted by Gasteiger charge is -2.20. The zero-order valence-electron chi connectivity index (χ0n) is 14.1. The van der Waals surface area contributed by atoms with Gasteiger partial charge in [-0.3, -0.25) is 14.8 Å². The molecule has 126 valence electrons. The van der Waals surface area contributed by atoms with Crippen LogP contribution in [-0.4, -0.2) is 15.9 Å². The molecule has 1 aliphatic carbocycles. The first kappa shape index (κ1) is 16.6. The molecule has 0 aromatic carbocycles. The summed E-state index contributed by atoms with van der Waals surface area (Å²) in [7, 11) is 0. The normalized spacial score (nSPS) is 15.2. The van der Waals surface area contributed by atoms with Crippen LogP contribution in [0.15, 0.2) is 42.9 Å². The minimum atomic E-state index is 0.150. The van der Waals surface area contributed by atoms with Crippen LogP contribution in [0.4, 0.5) is 0 Å². The summed E-state index contributed by atoms with van der Waals surface area (Å²) in [4.78, 5) is 20.6. The summed E-state index contributed by atoms with van der Waals surface area (Å²) in [5.74, 6) is 0.904. The largest absolute Gasteiger partial charge is 0.352 e. The number of nitrogens with one attached hydrogen (secondary N) is 1. The van der Waals surface area contributed by atoms with Gasteiger partial charge in [-0.25, -0.2) is 0 Å². The highest BCUT2D eigenvalue weighted by molar-refractivity contribution is 5.75. The lowest BCUT2D eigenvalue weighted by Crippen LogP contribution is -2.23. The average molecular weight is 323 g/mol. The van der Waals surface area contributed by atoms with Crippen molar-refractivity contribution in [1.82, 2.24) is 15.3 Å². The highest BCUT2D eigenvalue weighted by Gasteiger charge is 2.14. The molecule has 0 saturated heterocycles. The molecule has 24 heavy (non-hydrogen) atoms. The first-order valence-corrected chi connectivity index (χ1v) is 8.93. The number of hydrogen-bond acceptors (Lipinski definition) is 3. The molecule has 2 aromatic rings. The Bertz CT molecular complexity index is 634. The van der Waals surface area contributed by atoms with E-state index in [4.69, 9.17) is 0 Å². The molecular weight excluding hydrogens is 298 g/mol. The molecule has 1 saturated carbocycles. The SMILES string of the molecule is O=C(CCC1CCCCC1)NCc1ccc(-c2cccnc2)nc1. The maximum absolute atomic E-state index is 12.0. The van der Waals surface area contributed by atoms with Gasteiger partial charge in [-0.15, -0.1) is 0 Å². The number of aromatic nitrogens is 2. The molecule has 0 bridgehead atoms. The molecule has 0 aliphatic heterocycles. The van der Waals surface area contributed by atoms with Crippen molar-refractivity contribution in [2.75, 3.05) is 0 Å². The Balaban J connectivity index is 1.43. The fraction of sp³-hybridized carbons (Fsp3) is 0.450. The molecule has 3 rings (SSSR count). The Kier molecular flexibility index (Phi) is 5.94. The van der Waals surface area contributed by atoms with Crippen LogP contribution in [0.5, 0.6) is 0 Å². The number of hydrogen-bond donors (Lipinski definition) is 1. The smallest absolute Gasteiger partial charge is 0.220 e. The van der Waals surface area contributed by atoms with Crippen molar-refractivity contribution in [3.8, 4) is 11.3 Å². The Labute approximate surface area is 143 Å². The van der Waals surface area contributed by atoms with Crippen molar-refractivity contribution in [3.05, 3.63) is 48.4 Å². The van der Waals surface area contributed by atoms with Gasteiger partial charge in [-0.05, 0) is 36.1 Å². The highest BCUT2D eigenvalue weighted by atomic mass is 16.1. The van der Waals surface area contributed by atoms with Crippen LogP contribution in [0, 0.1) is 5.92 Å². The number of carbonyl (C=O) groups is 1. The van der Waals surface area contributed by atoms with Gasteiger partial charge in [0.05, 0.1) is 5.69 Å². The van der Waals surface area contributed by atoms with Crippen molar-refractivity contribution < 1.29 is 4.79 Å². The predicted octanol–water partition coefficient (Wildman–Crippen LogP) is 4.12. The summed E-state index contributed by atoms with van der Waals surface area (Å²) in [5.41, 5.74) is 2.92. The van der Waals surface area contributed by atoms with Crippen molar-refractivity contribution in [2.24, 2.45) is 5.92 Å². The van der Waals surface area contributed by atoms with Gasteiger partial charge in [-0.2, -0.15) is 0 Å². The second kappa shape index (κ2) is 8.57. The van der Waals surface area contributed by atoms with Crippen LogP contribution in [0.2, 0.25) is 0 Å². The number of carbonyl (C=O) groups excluding carboxylic acids is 1. The lowest BCUT2D eigenvalue weighted by molar-refractivity contribution is -0.121. The minimum Gasteiger partial charge on any atom is -0.352 e. The second-order valence-corrected chi connectivity index (χ2v) is 6.61. The summed E-state index contributed by atoms with van der Waals surface area (Å²) in [5, 5.41) is 3.01. The van der Waals surface area contributed by atoms with E-state index >= 15 is 0 Å². The Morgan fingerprint density at radius 3 is 2.71 bits per heavy atom. The summed E-state index contributed by atoms with van der Waals surface area (Å²) < 4.78 is 0. The maximum atomic E-state index is 12.0. The third-order valence-corrected chi connectivity index (χ3v) is 4.78. The summed E-state index contributed by atoms with van der Waals surface area (Å²) in [6.07, 6.45) is 13.7. The monoisotopic (exact) mass is 323 g/mol. The molecule has 2 aromatic heterocycles. The third-order valence-electron chi connectivity index (χ3n) is 4.78. The van der Waals surface area contributed by atoms with Crippen molar-refractivity contribution >= 4 is 5.91 Å². The number of nitrogens with zero attached hydrogens (tertiary/aromatic N) is 2. The van der Waals surface area contributed by atoms with Gasteiger partial charge in [0.1, 0.15) is 0 Å². The van der Waals surface area contributed by atoms with Crippen molar-refractivity contribution in [2.45, 2.75) is 51.5 Å². The summed E-state index contributed by atoms with van der Waals surface area (Å²) in [6.45, 7) is 0.545. The van der Waals surface area contributed by atoms with Crippen LogP contribution in [0.1, 0.15) is 50.5 Å². The average Bonchev–Trinajstić information content (AvgIpc) is 2.67.